The van der Waals surface area contributed by atoms with E-state index in [1.165, 1.54) is 0 Å². The van der Waals surface area contributed by atoms with Gasteiger partial charge in [0, 0.05) is 11.8 Å². The second kappa shape index (κ2) is 2.19. The number of nitrogens with zero attached hydrogens (tertiary/aromatic N) is 4. The molecule has 1 aromatic rings. The van der Waals surface area contributed by atoms with E-state index >= 15 is 0 Å². The Balaban J connectivity index is 2.17. The summed E-state index contributed by atoms with van der Waals surface area (Å²) in [5.74, 6) is 0.592. The molecule has 0 radical (unpaired) electrons. The number of rotatable bonds is 0. The summed E-state index contributed by atoms with van der Waals surface area (Å²) in [7, 11) is 0. The molecular weight excluding hydrogens is 170 g/mol. The zero-order chi connectivity index (χ0) is 8.67. The summed E-state index contributed by atoms with van der Waals surface area (Å²) in [6.07, 6.45) is 6.89. The maximum Gasteiger partial charge on any atom is 0.251 e. The third-order valence-corrected chi connectivity index (χ3v) is 1.82. The first-order valence-electron chi connectivity index (χ1n) is 3.73. The van der Waals surface area contributed by atoms with Crippen LogP contribution in [0.2, 0.25) is 0 Å². The summed E-state index contributed by atoms with van der Waals surface area (Å²) in [6.45, 7) is 0. The summed E-state index contributed by atoms with van der Waals surface area (Å²) >= 11 is 0. The second-order valence-electron chi connectivity index (χ2n) is 2.63. The van der Waals surface area contributed by atoms with E-state index in [9.17, 15) is 0 Å². The first kappa shape index (κ1) is 6.41. The van der Waals surface area contributed by atoms with Crippen molar-refractivity contribution in [1.82, 2.24) is 20.2 Å². The van der Waals surface area contributed by atoms with Crippen molar-refractivity contribution >= 4 is 12.1 Å². The molecule has 0 bridgehead atoms. The van der Waals surface area contributed by atoms with E-state index in [2.05, 4.69) is 20.8 Å². The first-order valence-corrected chi connectivity index (χ1v) is 3.73. The van der Waals surface area contributed by atoms with E-state index in [1.54, 1.807) is 17.2 Å². The Morgan fingerprint density at radius 2 is 2.46 bits per heavy atom. The quantitative estimate of drug-likeness (QED) is 0.615. The molecule has 0 spiro atoms. The van der Waals surface area contributed by atoms with Crippen molar-refractivity contribution < 1.29 is 4.74 Å². The fourth-order valence-electron chi connectivity index (χ4n) is 1.21. The van der Waals surface area contributed by atoms with Crippen molar-refractivity contribution in [1.29, 1.82) is 0 Å². The van der Waals surface area contributed by atoms with Crippen LogP contribution in [0, 0.1) is 0 Å². The first-order chi connectivity index (χ1) is 6.43. The van der Waals surface area contributed by atoms with Gasteiger partial charge in [0.2, 0.25) is 0 Å². The zero-order valence-electron chi connectivity index (χ0n) is 6.51. The molecule has 0 saturated heterocycles. The van der Waals surface area contributed by atoms with Gasteiger partial charge in [0.1, 0.15) is 6.26 Å². The summed E-state index contributed by atoms with van der Waals surface area (Å²) in [5.41, 5.74) is 1.86. The van der Waals surface area contributed by atoms with E-state index in [0.717, 1.165) is 11.3 Å². The largest absolute Gasteiger partial charge is 0.470 e. The Morgan fingerprint density at radius 1 is 1.46 bits per heavy atom. The molecule has 0 atom stereocenters. The lowest BCUT2D eigenvalue weighted by Crippen LogP contribution is -2.14. The predicted molar refractivity (Wildman–Crippen MR) is 44.0 cm³/mol. The van der Waals surface area contributed by atoms with Crippen LogP contribution in [-0.4, -0.2) is 20.2 Å². The highest BCUT2D eigenvalue weighted by Crippen LogP contribution is 2.23. The number of aromatic nitrogens is 4. The molecule has 0 aliphatic carbocycles. The fourth-order valence-corrected chi connectivity index (χ4v) is 1.21. The van der Waals surface area contributed by atoms with Crippen LogP contribution in [0.3, 0.4) is 0 Å². The number of hydrogen-bond donors (Lipinski definition) is 1. The highest BCUT2D eigenvalue weighted by atomic mass is 16.5. The molecule has 1 N–H and O–H groups in total. The number of tetrazole rings is 1. The van der Waals surface area contributed by atoms with E-state index in [4.69, 9.17) is 4.74 Å². The predicted octanol–water partition coefficient (Wildman–Crippen LogP) is 0.325. The van der Waals surface area contributed by atoms with Gasteiger partial charge < -0.3 is 10.1 Å². The van der Waals surface area contributed by atoms with Gasteiger partial charge in [-0.05, 0) is 16.5 Å². The molecule has 1 aromatic heterocycles. The molecule has 3 heterocycles. The van der Waals surface area contributed by atoms with E-state index in [1.807, 2.05) is 12.3 Å². The van der Waals surface area contributed by atoms with Crippen molar-refractivity contribution in [2.24, 2.45) is 0 Å². The molecule has 6 nitrogen and oxygen atoms in total. The van der Waals surface area contributed by atoms with Crippen LogP contribution in [0.5, 0.6) is 0 Å². The van der Waals surface area contributed by atoms with Crippen LogP contribution in [0.1, 0.15) is 0 Å². The Labute approximate surface area is 73.2 Å². The molecule has 2 aliphatic rings. The standard InChI is InChI=1S/C7H5N5O/c1-2-13-4-6-5(1)3-12-7(8-6)9-10-11-12/h1-4H,(H,8,9,11). The number of hydrogen-bond acceptors (Lipinski definition) is 5. The lowest BCUT2D eigenvalue weighted by atomic mass is 10.2. The summed E-state index contributed by atoms with van der Waals surface area (Å²) in [4.78, 5) is 0. The van der Waals surface area contributed by atoms with Gasteiger partial charge in [-0.1, -0.05) is 5.10 Å². The normalized spacial score (nSPS) is 17.5. The smallest absolute Gasteiger partial charge is 0.251 e. The average Bonchev–Trinajstić information content (AvgIpc) is 2.61. The SMILES string of the molecule is C1=CC2=Cn3nnnc3NC2=CO1. The van der Waals surface area contributed by atoms with Crippen molar-refractivity contribution in [3.8, 4) is 0 Å². The highest BCUT2D eigenvalue weighted by Gasteiger charge is 2.17. The lowest BCUT2D eigenvalue weighted by molar-refractivity contribution is 0.394. The van der Waals surface area contributed by atoms with Crippen molar-refractivity contribution in [2.45, 2.75) is 0 Å². The van der Waals surface area contributed by atoms with Gasteiger partial charge in [-0.25, -0.2) is 0 Å². The van der Waals surface area contributed by atoms with Gasteiger partial charge in [-0.3, -0.25) is 0 Å². The van der Waals surface area contributed by atoms with Crippen LogP contribution in [0.25, 0.3) is 6.20 Å². The topological polar surface area (TPSA) is 64.9 Å². The van der Waals surface area contributed by atoms with E-state index in [-0.39, 0.29) is 0 Å². The van der Waals surface area contributed by atoms with Crippen molar-refractivity contribution in [3.05, 3.63) is 29.9 Å². The minimum atomic E-state index is 0.592. The lowest BCUT2D eigenvalue weighted by Gasteiger charge is -2.17. The van der Waals surface area contributed by atoms with E-state index < -0.39 is 0 Å². The number of ether oxygens (including phenoxy) is 1. The summed E-state index contributed by atoms with van der Waals surface area (Å²) in [6, 6.07) is 0. The van der Waals surface area contributed by atoms with Crippen molar-refractivity contribution in [2.75, 3.05) is 5.32 Å². The molecule has 2 aliphatic heterocycles. The number of fused-ring (bicyclic) bond motifs is 2. The average molecular weight is 175 g/mol. The summed E-state index contributed by atoms with van der Waals surface area (Å²) < 4.78 is 6.58. The Morgan fingerprint density at radius 3 is 3.46 bits per heavy atom. The molecule has 0 fully saturated rings. The minimum absolute atomic E-state index is 0.592. The van der Waals surface area contributed by atoms with Crippen LogP contribution in [0.4, 0.5) is 5.95 Å². The molecule has 6 heteroatoms. The monoisotopic (exact) mass is 175 g/mol. The van der Waals surface area contributed by atoms with Crippen molar-refractivity contribution in [3.63, 3.8) is 0 Å². The number of allylic oxidation sites excluding steroid dienone is 1. The van der Waals surface area contributed by atoms with Gasteiger partial charge in [0.05, 0.1) is 12.0 Å². The van der Waals surface area contributed by atoms with Gasteiger partial charge in [0.15, 0.2) is 0 Å². The number of anilines is 1. The Kier molecular flexibility index (Phi) is 1.08. The molecule has 0 unspecified atom stereocenters. The molecule has 0 amide bonds. The second-order valence-corrected chi connectivity index (χ2v) is 2.63. The third kappa shape index (κ3) is 0.851. The fraction of sp³-hybridized carbons (Fsp3) is 0. The van der Waals surface area contributed by atoms with Gasteiger partial charge in [0.25, 0.3) is 5.95 Å². The molecule has 0 saturated carbocycles. The zero-order valence-corrected chi connectivity index (χ0v) is 6.51. The molecule has 0 aromatic carbocycles. The molecule has 64 valence electrons. The Bertz CT molecular complexity index is 441. The molecule has 3 rings (SSSR count). The maximum atomic E-state index is 5.01. The highest BCUT2D eigenvalue weighted by molar-refractivity contribution is 5.62. The van der Waals surface area contributed by atoms with Crippen LogP contribution < -0.4 is 5.32 Å². The van der Waals surface area contributed by atoms with Crippen LogP contribution in [-0.2, 0) is 4.74 Å². The van der Waals surface area contributed by atoms with Crippen LogP contribution in [0.15, 0.2) is 29.9 Å². The Hall–Kier alpha value is -2.11. The van der Waals surface area contributed by atoms with Gasteiger partial charge >= 0.3 is 0 Å². The minimum Gasteiger partial charge on any atom is -0.470 e. The van der Waals surface area contributed by atoms with E-state index in [0.29, 0.717) is 5.95 Å². The van der Waals surface area contributed by atoms with Crippen LogP contribution >= 0.6 is 0 Å². The van der Waals surface area contributed by atoms with Gasteiger partial charge in [-0.15, -0.1) is 0 Å². The van der Waals surface area contributed by atoms with Gasteiger partial charge in [-0.2, -0.15) is 4.68 Å². The maximum absolute atomic E-state index is 5.01. The third-order valence-electron chi connectivity index (χ3n) is 1.82. The molecular formula is C7H5N5O. The number of nitrogens with one attached hydrogen (secondary N) is 1. The molecule has 13 heavy (non-hydrogen) atoms. The summed E-state index contributed by atoms with van der Waals surface area (Å²) in [5, 5.41) is 14.1.